The number of hydrogen-bond acceptors (Lipinski definition) is 3. The van der Waals surface area contributed by atoms with Crippen molar-refractivity contribution in [1.82, 2.24) is 0 Å². The first-order valence-corrected chi connectivity index (χ1v) is 6.61. The number of carbonyl (C=O) groups excluding carboxylic acids is 1. The summed E-state index contributed by atoms with van der Waals surface area (Å²) in [5.41, 5.74) is 0.755. The number of anilines is 1. The van der Waals surface area contributed by atoms with Crippen LogP contribution in [-0.2, 0) is 9.53 Å². The van der Waals surface area contributed by atoms with Crippen LogP contribution < -0.4 is 4.90 Å². The average molecular weight is 263 g/mol. The molecule has 4 heteroatoms. The number of carbonyl (C=O) groups is 1. The van der Waals surface area contributed by atoms with E-state index in [4.69, 9.17) is 4.74 Å². The number of nitrogens with zero attached hydrogens (tertiary/aromatic N) is 1. The lowest BCUT2D eigenvalue weighted by atomic mass is 10.0. The third-order valence-electron chi connectivity index (χ3n) is 3.72. The molecule has 0 spiro atoms. The number of hydrogen-bond donors (Lipinski definition) is 1. The van der Waals surface area contributed by atoms with Gasteiger partial charge in [0.25, 0.3) is 5.91 Å². The van der Waals surface area contributed by atoms with Gasteiger partial charge in [0.05, 0.1) is 6.10 Å². The maximum atomic E-state index is 12.6. The van der Waals surface area contributed by atoms with E-state index in [0.717, 1.165) is 17.7 Å². The molecule has 0 fully saturated rings. The molecule has 0 saturated heterocycles. The van der Waals surface area contributed by atoms with E-state index in [1.807, 2.05) is 24.3 Å². The number of aliphatic hydroxyl groups is 1. The largest absolute Gasteiger partial charge is 0.388 e. The summed E-state index contributed by atoms with van der Waals surface area (Å²) in [6, 6.07) is 7.54. The Morgan fingerprint density at radius 2 is 2.11 bits per heavy atom. The molecule has 1 N–H and O–H groups in total. The number of amides is 1. The zero-order valence-electron chi connectivity index (χ0n) is 11.7. The van der Waals surface area contributed by atoms with Crippen LogP contribution in [0.5, 0.6) is 0 Å². The molecular weight excluding hydrogens is 242 g/mol. The number of para-hydroxylation sites is 1. The van der Waals surface area contributed by atoms with Crippen LogP contribution in [0.25, 0.3) is 0 Å². The summed E-state index contributed by atoms with van der Waals surface area (Å²) >= 11 is 0. The highest BCUT2D eigenvalue weighted by Crippen LogP contribution is 2.34. The SMILES string of the molecule is COC(C)(C)C(=O)N1CCCC(O)c2ccccc21. The van der Waals surface area contributed by atoms with Crippen molar-refractivity contribution in [3.8, 4) is 0 Å². The highest BCUT2D eigenvalue weighted by atomic mass is 16.5. The van der Waals surface area contributed by atoms with E-state index in [1.165, 1.54) is 7.11 Å². The summed E-state index contributed by atoms with van der Waals surface area (Å²) in [5.74, 6) is -0.0726. The lowest BCUT2D eigenvalue weighted by Gasteiger charge is -2.31. The topological polar surface area (TPSA) is 49.8 Å². The Balaban J connectivity index is 2.42. The van der Waals surface area contributed by atoms with E-state index in [9.17, 15) is 9.90 Å². The van der Waals surface area contributed by atoms with Gasteiger partial charge in [-0.3, -0.25) is 4.79 Å². The fraction of sp³-hybridized carbons (Fsp3) is 0.533. The molecule has 104 valence electrons. The smallest absolute Gasteiger partial charge is 0.258 e. The Bertz CT molecular complexity index is 470. The third kappa shape index (κ3) is 2.65. The maximum absolute atomic E-state index is 12.6. The van der Waals surface area contributed by atoms with Crippen LogP contribution in [0.2, 0.25) is 0 Å². The number of aliphatic hydroxyl groups excluding tert-OH is 1. The Morgan fingerprint density at radius 3 is 2.79 bits per heavy atom. The van der Waals surface area contributed by atoms with E-state index in [2.05, 4.69) is 0 Å². The van der Waals surface area contributed by atoms with Crippen LogP contribution in [0.4, 0.5) is 5.69 Å². The monoisotopic (exact) mass is 263 g/mol. The standard InChI is InChI=1S/C15H21NO3/c1-15(2,19-3)14(18)16-10-6-9-13(17)11-7-4-5-8-12(11)16/h4-5,7-8,13,17H,6,9-10H2,1-3H3. The van der Waals surface area contributed by atoms with Gasteiger partial charge in [-0.2, -0.15) is 0 Å². The second kappa shape index (κ2) is 5.31. The fourth-order valence-electron chi connectivity index (χ4n) is 2.36. The zero-order chi connectivity index (χ0) is 14.0. The molecule has 0 saturated carbocycles. The van der Waals surface area contributed by atoms with Crippen LogP contribution >= 0.6 is 0 Å². The summed E-state index contributed by atoms with van der Waals surface area (Å²) in [6.07, 6.45) is 0.954. The van der Waals surface area contributed by atoms with Crippen molar-refractivity contribution in [2.45, 2.75) is 38.4 Å². The lowest BCUT2D eigenvalue weighted by molar-refractivity contribution is -0.136. The second-order valence-electron chi connectivity index (χ2n) is 5.39. The molecule has 0 bridgehead atoms. The summed E-state index contributed by atoms with van der Waals surface area (Å²) in [5, 5.41) is 10.1. The lowest BCUT2D eigenvalue weighted by Crippen LogP contribution is -2.47. The molecule has 1 atom stereocenters. The molecule has 0 aromatic heterocycles. The van der Waals surface area contributed by atoms with Gasteiger partial charge in [-0.15, -0.1) is 0 Å². The normalized spacial score (nSPS) is 19.8. The van der Waals surface area contributed by atoms with E-state index in [1.54, 1.807) is 18.7 Å². The van der Waals surface area contributed by atoms with E-state index >= 15 is 0 Å². The molecule has 1 unspecified atom stereocenters. The summed E-state index contributed by atoms with van der Waals surface area (Å²) in [7, 11) is 1.54. The van der Waals surface area contributed by atoms with Crippen molar-refractivity contribution in [2.75, 3.05) is 18.6 Å². The highest BCUT2D eigenvalue weighted by molar-refractivity contribution is 5.99. The van der Waals surface area contributed by atoms with Gasteiger partial charge >= 0.3 is 0 Å². The number of rotatable bonds is 2. The van der Waals surface area contributed by atoms with Gasteiger partial charge in [0.2, 0.25) is 0 Å². The van der Waals surface area contributed by atoms with Crippen molar-refractivity contribution in [2.24, 2.45) is 0 Å². The first-order chi connectivity index (χ1) is 8.97. The van der Waals surface area contributed by atoms with Gasteiger partial charge in [0.1, 0.15) is 5.60 Å². The van der Waals surface area contributed by atoms with Gasteiger partial charge < -0.3 is 14.7 Å². The third-order valence-corrected chi connectivity index (χ3v) is 3.72. The average Bonchev–Trinajstić information content (AvgIpc) is 2.58. The van der Waals surface area contributed by atoms with Crippen molar-refractivity contribution in [1.29, 1.82) is 0 Å². The van der Waals surface area contributed by atoms with Crippen molar-refractivity contribution < 1.29 is 14.6 Å². The second-order valence-corrected chi connectivity index (χ2v) is 5.39. The van der Waals surface area contributed by atoms with E-state index < -0.39 is 11.7 Å². The fourth-order valence-corrected chi connectivity index (χ4v) is 2.36. The van der Waals surface area contributed by atoms with Gasteiger partial charge in [-0.1, -0.05) is 18.2 Å². The van der Waals surface area contributed by atoms with Gasteiger partial charge in [0.15, 0.2) is 0 Å². The quantitative estimate of drug-likeness (QED) is 0.890. The molecule has 19 heavy (non-hydrogen) atoms. The summed E-state index contributed by atoms with van der Waals surface area (Å²) in [6.45, 7) is 4.14. The molecule has 1 heterocycles. The maximum Gasteiger partial charge on any atom is 0.258 e. The molecule has 1 aliphatic heterocycles. The van der Waals surface area contributed by atoms with Crippen molar-refractivity contribution in [3.63, 3.8) is 0 Å². The predicted octanol–water partition coefficient (Wildman–Crippen LogP) is 2.27. The predicted molar refractivity (Wildman–Crippen MR) is 74.1 cm³/mol. The number of benzene rings is 1. The van der Waals surface area contributed by atoms with Crippen molar-refractivity contribution >= 4 is 11.6 Å². The van der Waals surface area contributed by atoms with Crippen LogP contribution in [0, 0.1) is 0 Å². The molecule has 2 rings (SSSR count). The first-order valence-electron chi connectivity index (χ1n) is 6.61. The Morgan fingerprint density at radius 1 is 1.42 bits per heavy atom. The molecule has 0 radical (unpaired) electrons. The minimum atomic E-state index is -0.859. The molecular formula is C15H21NO3. The van der Waals surface area contributed by atoms with Gasteiger partial charge in [-0.25, -0.2) is 0 Å². The van der Waals surface area contributed by atoms with E-state index in [-0.39, 0.29) is 5.91 Å². The molecule has 4 nitrogen and oxygen atoms in total. The van der Waals surface area contributed by atoms with E-state index in [0.29, 0.717) is 13.0 Å². The Kier molecular flexibility index (Phi) is 3.92. The number of methoxy groups -OCH3 is 1. The summed E-state index contributed by atoms with van der Waals surface area (Å²) in [4.78, 5) is 14.3. The molecule has 1 aromatic rings. The molecule has 1 aliphatic rings. The van der Waals surface area contributed by atoms with Crippen LogP contribution in [-0.4, -0.2) is 30.3 Å². The zero-order valence-corrected chi connectivity index (χ0v) is 11.7. The first kappa shape index (κ1) is 14.0. The van der Waals surface area contributed by atoms with Gasteiger partial charge in [-0.05, 0) is 32.8 Å². The number of ether oxygens (including phenoxy) is 1. The number of fused-ring (bicyclic) bond motifs is 1. The Hall–Kier alpha value is -1.39. The molecule has 1 aromatic carbocycles. The summed E-state index contributed by atoms with van der Waals surface area (Å²) < 4.78 is 5.28. The van der Waals surface area contributed by atoms with Crippen molar-refractivity contribution in [3.05, 3.63) is 29.8 Å². The van der Waals surface area contributed by atoms with Crippen LogP contribution in [0.1, 0.15) is 38.4 Å². The van der Waals surface area contributed by atoms with Crippen LogP contribution in [0.3, 0.4) is 0 Å². The minimum Gasteiger partial charge on any atom is -0.388 e. The minimum absolute atomic E-state index is 0.0726. The molecule has 0 aliphatic carbocycles. The molecule has 1 amide bonds. The van der Waals surface area contributed by atoms with Gasteiger partial charge in [0, 0.05) is 24.9 Å². The van der Waals surface area contributed by atoms with Crippen LogP contribution in [0.15, 0.2) is 24.3 Å². The Labute approximate surface area is 114 Å². The highest BCUT2D eigenvalue weighted by Gasteiger charge is 2.35.